The number of Topliss-reactive ketones (excluding diaryl/α,β-unsaturated/α-hetero) is 1. The summed E-state index contributed by atoms with van der Waals surface area (Å²) < 4.78 is 30.7. The van der Waals surface area contributed by atoms with Gasteiger partial charge in [-0.25, -0.2) is 22.9 Å². The number of hydrogen-bond donors (Lipinski definition) is 3. The summed E-state index contributed by atoms with van der Waals surface area (Å²) in [6, 6.07) is 4.93. The van der Waals surface area contributed by atoms with Crippen LogP contribution in [0.5, 0.6) is 0 Å². The smallest absolute Gasteiger partial charge is 0.325 e. The van der Waals surface area contributed by atoms with Gasteiger partial charge in [-0.15, -0.1) is 0 Å². The number of sulfonamides is 1. The number of carbonyl (C=O) groups is 2. The topological polar surface area (TPSA) is 130 Å². The number of ketones is 1. The van der Waals surface area contributed by atoms with E-state index in [1.54, 1.807) is 6.07 Å². The van der Waals surface area contributed by atoms with Gasteiger partial charge >= 0.3 is 6.03 Å². The number of nitrogens with one attached hydrogen (secondary N) is 3. The van der Waals surface area contributed by atoms with E-state index in [1.165, 1.54) is 0 Å². The molecule has 13 heteroatoms. The molecule has 0 atom stereocenters. The number of carbonyl (C=O) groups excluding carboxylic acids is 2. The van der Waals surface area contributed by atoms with Gasteiger partial charge in [0, 0.05) is 30.3 Å². The fourth-order valence-corrected chi connectivity index (χ4v) is 5.65. The lowest BCUT2D eigenvalue weighted by Crippen LogP contribution is -2.36. The maximum atomic E-state index is 13.3. The summed E-state index contributed by atoms with van der Waals surface area (Å²) in [4.78, 5) is 32.5. The van der Waals surface area contributed by atoms with Crippen LogP contribution in [0.4, 0.5) is 21.3 Å². The summed E-state index contributed by atoms with van der Waals surface area (Å²) in [5, 5.41) is 5.61. The third kappa shape index (κ3) is 6.91. The summed E-state index contributed by atoms with van der Waals surface area (Å²) in [5.74, 6) is 0.000519. The van der Waals surface area contributed by atoms with Crippen LogP contribution in [-0.2, 0) is 21.3 Å². The van der Waals surface area contributed by atoms with E-state index in [0.29, 0.717) is 30.2 Å². The number of aromatic nitrogens is 1. The lowest BCUT2D eigenvalue weighted by Gasteiger charge is -2.29. The minimum absolute atomic E-state index is 0.0405. The number of anilines is 3. The Morgan fingerprint density at radius 2 is 1.91 bits per heavy atom. The quantitative estimate of drug-likeness (QED) is 0.434. The first kappa shape index (κ1) is 25.8. The second kappa shape index (κ2) is 11.2. The van der Waals surface area contributed by atoms with E-state index < -0.39 is 16.1 Å². The Kier molecular flexibility index (Phi) is 8.27. The van der Waals surface area contributed by atoms with Crippen LogP contribution in [-0.4, -0.2) is 57.8 Å². The number of morpholine rings is 1. The summed E-state index contributed by atoms with van der Waals surface area (Å²) in [7, 11) is -3.41. The van der Waals surface area contributed by atoms with Gasteiger partial charge in [-0.3, -0.25) is 10.1 Å². The van der Waals surface area contributed by atoms with Crippen molar-refractivity contribution in [3.8, 4) is 0 Å². The predicted octanol–water partition coefficient (Wildman–Crippen LogP) is 3.70. The van der Waals surface area contributed by atoms with Crippen molar-refractivity contribution in [2.45, 2.75) is 32.2 Å². The zero-order valence-corrected chi connectivity index (χ0v) is 21.7. The van der Waals surface area contributed by atoms with Gasteiger partial charge in [0.2, 0.25) is 10.0 Å². The average Bonchev–Trinajstić information content (AvgIpc) is 3.47. The van der Waals surface area contributed by atoms with Gasteiger partial charge in [-0.05, 0) is 31.0 Å². The summed E-state index contributed by atoms with van der Waals surface area (Å²) in [6.45, 7) is 2.66. The first-order valence-electron chi connectivity index (χ1n) is 11.4. The number of rotatable bonds is 8. The fourth-order valence-electron chi connectivity index (χ4n) is 4.22. The molecule has 2 fully saturated rings. The molecule has 0 spiro atoms. The van der Waals surface area contributed by atoms with Gasteiger partial charge in [-0.2, -0.15) is 0 Å². The van der Waals surface area contributed by atoms with Crippen molar-refractivity contribution in [1.82, 2.24) is 9.71 Å². The Labute approximate surface area is 213 Å². The number of halogens is 1. The molecule has 2 aromatic rings. The Balaban J connectivity index is 1.50. The SMILES string of the molecule is CS(=O)(=O)NCc1nc(NC(=O)Nc2ccc(N3CCOCC3)cc2C(=O)C2CCCC2)sc1Cl. The number of ether oxygens (including phenoxy) is 1. The van der Waals surface area contributed by atoms with Crippen LogP contribution in [0.25, 0.3) is 0 Å². The molecule has 1 aliphatic carbocycles. The highest BCUT2D eigenvalue weighted by atomic mass is 35.5. The van der Waals surface area contributed by atoms with Crippen LogP contribution in [0.15, 0.2) is 18.2 Å². The first-order valence-corrected chi connectivity index (χ1v) is 14.5. The van der Waals surface area contributed by atoms with E-state index in [0.717, 1.165) is 62.1 Å². The van der Waals surface area contributed by atoms with E-state index >= 15 is 0 Å². The molecular weight excluding hydrogens is 514 g/mol. The molecule has 1 saturated heterocycles. The molecule has 4 rings (SSSR count). The molecule has 0 unspecified atom stereocenters. The maximum absolute atomic E-state index is 13.3. The third-order valence-electron chi connectivity index (χ3n) is 5.99. The van der Waals surface area contributed by atoms with Gasteiger partial charge in [-0.1, -0.05) is 35.8 Å². The average molecular weight is 542 g/mol. The van der Waals surface area contributed by atoms with E-state index in [-0.39, 0.29) is 27.7 Å². The molecule has 3 N–H and O–H groups in total. The third-order valence-corrected chi connectivity index (χ3v) is 7.91. The Morgan fingerprint density at radius 1 is 1.20 bits per heavy atom. The van der Waals surface area contributed by atoms with Crippen molar-refractivity contribution in [2.75, 3.05) is 48.1 Å². The number of thiazole rings is 1. The van der Waals surface area contributed by atoms with Gasteiger partial charge in [0.1, 0.15) is 4.34 Å². The van der Waals surface area contributed by atoms with Crippen molar-refractivity contribution < 1.29 is 22.7 Å². The van der Waals surface area contributed by atoms with Crippen molar-refractivity contribution in [3.05, 3.63) is 33.8 Å². The molecule has 1 aromatic carbocycles. The molecule has 2 amide bonds. The number of amides is 2. The van der Waals surface area contributed by atoms with Crippen LogP contribution in [0.2, 0.25) is 4.34 Å². The zero-order chi connectivity index (χ0) is 25.0. The largest absolute Gasteiger partial charge is 0.378 e. The molecule has 1 saturated carbocycles. The number of hydrogen-bond acceptors (Lipinski definition) is 8. The van der Waals surface area contributed by atoms with Gasteiger partial charge in [0.25, 0.3) is 0 Å². The van der Waals surface area contributed by atoms with Crippen molar-refractivity contribution >= 4 is 61.3 Å². The van der Waals surface area contributed by atoms with Gasteiger partial charge < -0.3 is 15.0 Å². The molecule has 0 bridgehead atoms. The maximum Gasteiger partial charge on any atom is 0.325 e. The molecule has 0 radical (unpaired) electrons. The number of urea groups is 1. The first-order chi connectivity index (χ1) is 16.7. The standard InChI is InChI=1S/C22H28ClN5O5S2/c1-35(31,32)24-13-18-20(23)34-22(26-18)27-21(30)25-17-7-6-15(28-8-10-33-11-9-28)12-16(17)19(29)14-4-2-3-5-14/h6-7,12,14,24H,2-5,8-11,13H2,1H3,(H2,25,26,27,30). The summed E-state index contributed by atoms with van der Waals surface area (Å²) in [6.07, 6.45) is 4.81. The van der Waals surface area contributed by atoms with Crippen molar-refractivity contribution in [3.63, 3.8) is 0 Å². The number of benzene rings is 1. The summed E-state index contributed by atoms with van der Waals surface area (Å²) >= 11 is 7.16. The fraction of sp³-hybridized carbons (Fsp3) is 0.500. The van der Waals surface area contributed by atoms with E-state index in [4.69, 9.17) is 16.3 Å². The number of nitrogens with zero attached hydrogens (tertiary/aromatic N) is 2. The lowest BCUT2D eigenvalue weighted by atomic mass is 9.94. The molecule has 2 heterocycles. The molecular formula is C22H28ClN5O5S2. The second-order valence-electron chi connectivity index (χ2n) is 8.59. The van der Waals surface area contributed by atoms with Crippen LogP contribution in [0.3, 0.4) is 0 Å². The molecule has 1 aromatic heterocycles. The highest BCUT2D eigenvalue weighted by Gasteiger charge is 2.27. The van der Waals surface area contributed by atoms with Crippen LogP contribution in [0.1, 0.15) is 41.7 Å². The predicted molar refractivity (Wildman–Crippen MR) is 137 cm³/mol. The molecule has 1 aliphatic heterocycles. The minimum Gasteiger partial charge on any atom is -0.378 e. The molecule has 10 nitrogen and oxygen atoms in total. The highest BCUT2D eigenvalue weighted by Crippen LogP contribution is 2.33. The van der Waals surface area contributed by atoms with E-state index in [9.17, 15) is 18.0 Å². The van der Waals surface area contributed by atoms with Gasteiger partial charge in [0.15, 0.2) is 10.9 Å². The molecule has 2 aliphatic rings. The Morgan fingerprint density at radius 3 is 2.60 bits per heavy atom. The molecule has 190 valence electrons. The van der Waals surface area contributed by atoms with Crippen molar-refractivity contribution in [2.24, 2.45) is 5.92 Å². The minimum atomic E-state index is -3.41. The van der Waals surface area contributed by atoms with Crippen LogP contribution < -0.4 is 20.3 Å². The van der Waals surface area contributed by atoms with E-state index in [1.807, 2.05) is 12.1 Å². The van der Waals surface area contributed by atoms with E-state index in [2.05, 4.69) is 25.2 Å². The second-order valence-corrected chi connectivity index (χ2v) is 12.0. The highest BCUT2D eigenvalue weighted by molar-refractivity contribution is 7.88. The Bertz CT molecular complexity index is 1190. The van der Waals surface area contributed by atoms with Crippen LogP contribution >= 0.6 is 22.9 Å². The monoisotopic (exact) mass is 541 g/mol. The Hall–Kier alpha value is -2.25. The normalized spacial score (nSPS) is 16.9. The van der Waals surface area contributed by atoms with Crippen molar-refractivity contribution in [1.29, 1.82) is 0 Å². The molecule has 35 heavy (non-hydrogen) atoms. The zero-order valence-electron chi connectivity index (χ0n) is 19.3. The van der Waals surface area contributed by atoms with Gasteiger partial charge in [0.05, 0.1) is 37.4 Å². The summed E-state index contributed by atoms with van der Waals surface area (Å²) in [5.41, 5.74) is 2.16. The van der Waals surface area contributed by atoms with Crippen LogP contribution in [0, 0.1) is 5.92 Å². The lowest BCUT2D eigenvalue weighted by molar-refractivity contribution is 0.0923.